The van der Waals surface area contributed by atoms with Gasteiger partial charge in [-0.05, 0) is 43.3 Å². The molecule has 110 valence electrons. The Balaban J connectivity index is 1.74. The number of aryl methyl sites for hydroxylation is 1. The summed E-state index contributed by atoms with van der Waals surface area (Å²) in [6, 6.07) is 15.9. The topological polar surface area (TPSA) is 62.7 Å². The predicted octanol–water partition coefficient (Wildman–Crippen LogP) is 4.43. The van der Waals surface area contributed by atoms with Gasteiger partial charge in [-0.1, -0.05) is 33.6 Å². The Hall–Kier alpha value is -2.47. The van der Waals surface area contributed by atoms with Gasteiger partial charge in [0.1, 0.15) is 0 Å². The lowest BCUT2D eigenvalue weighted by atomic mass is 10.2. The quantitative estimate of drug-likeness (QED) is 0.724. The fourth-order valence-corrected chi connectivity index (χ4v) is 2.13. The molecular weight excluding hydrogens is 342 g/mol. The van der Waals surface area contributed by atoms with Gasteiger partial charge in [0.05, 0.1) is 6.20 Å². The van der Waals surface area contributed by atoms with Crippen molar-refractivity contribution in [1.29, 1.82) is 0 Å². The molecule has 5 nitrogen and oxygen atoms in total. The first-order chi connectivity index (χ1) is 10.7. The van der Waals surface area contributed by atoms with E-state index in [1.807, 2.05) is 55.5 Å². The van der Waals surface area contributed by atoms with Gasteiger partial charge in [-0.3, -0.25) is 0 Å². The van der Waals surface area contributed by atoms with Crippen molar-refractivity contribution in [1.82, 2.24) is 15.2 Å². The number of benzene rings is 2. The van der Waals surface area contributed by atoms with Crippen molar-refractivity contribution in [2.75, 3.05) is 10.6 Å². The lowest BCUT2D eigenvalue weighted by Crippen LogP contribution is -2.02. The van der Waals surface area contributed by atoms with Crippen LogP contribution < -0.4 is 10.6 Å². The van der Waals surface area contributed by atoms with Crippen LogP contribution in [0, 0.1) is 6.92 Å². The van der Waals surface area contributed by atoms with Crippen LogP contribution >= 0.6 is 15.9 Å². The van der Waals surface area contributed by atoms with E-state index in [2.05, 4.69) is 41.7 Å². The minimum atomic E-state index is 0.450. The molecule has 0 saturated carbocycles. The van der Waals surface area contributed by atoms with E-state index in [9.17, 15) is 0 Å². The van der Waals surface area contributed by atoms with Crippen LogP contribution in [0.15, 0.2) is 59.2 Å². The molecule has 22 heavy (non-hydrogen) atoms. The molecule has 2 aromatic carbocycles. The van der Waals surface area contributed by atoms with Crippen LogP contribution in [0.4, 0.5) is 23.1 Å². The number of hydrogen-bond donors (Lipinski definition) is 2. The zero-order valence-electron chi connectivity index (χ0n) is 11.9. The third kappa shape index (κ3) is 3.79. The monoisotopic (exact) mass is 355 g/mol. The molecule has 0 aliphatic heterocycles. The van der Waals surface area contributed by atoms with Gasteiger partial charge < -0.3 is 10.6 Å². The van der Waals surface area contributed by atoms with Gasteiger partial charge in [0.25, 0.3) is 0 Å². The van der Waals surface area contributed by atoms with Crippen molar-refractivity contribution in [3.63, 3.8) is 0 Å². The molecule has 0 amide bonds. The van der Waals surface area contributed by atoms with E-state index >= 15 is 0 Å². The van der Waals surface area contributed by atoms with Crippen LogP contribution in [0.25, 0.3) is 0 Å². The fraction of sp³-hybridized carbons (Fsp3) is 0.0625. The molecule has 0 unspecified atom stereocenters. The molecule has 0 fully saturated rings. The number of nitrogens with zero attached hydrogens (tertiary/aromatic N) is 3. The molecule has 0 aliphatic rings. The van der Waals surface area contributed by atoms with Crippen LogP contribution in [-0.2, 0) is 0 Å². The molecule has 3 rings (SSSR count). The summed E-state index contributed by atoms with van der Waals surface area (Å²) in [5, 5.41) is 14.3. The highest BCUT2D eigenvalue weighted by Crippen LogP contribution is 2.19. The molecular formula is C16H14BrN5. The molecule has 2 N–H and O–H groups in total. The first-order valence-electron chi connectivity index (χ1n) is 6.75. The molecule has 6 heteroatoms. The third-order valence-electron chi connectivity index (χ3n) is 2.98. The number of halogens is 1. The molecule has 1 aromatic heterocycles. The molecule has 0 saturated heterocycles. The van der Waals surface area contributed by atoms with Crippen molar-refractivity contribution < 1.29 is 0 Å². The highest BCUT2D eigenvalue weighted by atomic mass is 79.9. The van der Waals surface area contributed by atoms with Crippen LogP contribution in [0.5, 0.6) is 0 Å². The van der Waals surface area contributed by atoms with Crippen molar-refractivity contribution in [3.05, 3.63) is 64.8 Å². The number of rotatable bonds is 4. The predicted molar refractivity (Wildman–Crippen MR) is 91.7 cm³/mol. The van der Waals surface area contributed by atoms with Gasteiger partial charge in [0.15, 0.2) is 5.82 Å². The Morgan fingerprint density at radius 1 is 0.864 bits per heavy atom. The van der Waals surface area contributed by atoms with Gasteiger partial charge >= 0.3 is 0 Å². The first-order valence-corrected chi connectivity index (χ1v) is 7.54. The van der Waals surface area contributed by atoms with E-state index in [-0.39, 0.29) is 0 Å². The largest absolute Gasteiger partial charge is 0.339 e. The molecule has 0 radical (unpaired) electrons. The van der Waals surface area contributed by atoms with E-state index in [1.165, 1.54) is 5.56 Å². The number of anilines is 4. The van der Waals surface area contributed by atoms with Crippen molar-refractivity contribution in [3.8, 4) is 0 Å². The zero-order chi connectivity index (χ0) is 15.4. The van der Waals surface area contributed by atoms with Gasteiger partial charge in [-0.15, -0.1) is 5.10 Å². The first kappa shape index (κ1) is 14.5. The van der Waals surface area contributed by atoms with Crippen LogP contribution in [-0.4, -0.2) is 15.2 Å². The lowest BCUT2D eigenvalue weighted by molar-refractivity contribution is 0.982. The average molecular weight is 356 g/mol. The van der Waals surface area contributed by atoms with Gasteiger partial charge in [0, 0.05) is 15.8 Å². The Morgan fingerprint density at radius 2 is 1.50 bits per heavy atom. The van der Waals surface area contributed by atoms with Crippen molar-refractivity contribution in [2.24, 2.45) is 0 Å². The Morgan fingerprint density at radius 3 is 2.23 bits per heavy atom. The maximum atomic E-state index is 4.40. The van der Waals surface area contributed by atoms with E-state index in [0.717, 1.165) is 15.8 Å². The summed E-state index contributed by atoms with van der Waals surface area (Å²) >= 11 is 3.41. The summed E-state index contributed by atoms with van der Waals surface area (Å²) < 4.78 is 1.03. The second kappa shape index (κ2) is 6.53. The number of aromatic nitrogens is 3. The Bertz CT molecular complexity index is 693. The minimum Gasteiger partial charge on any atom is -0.339 e. The standard InChI is InChI=1S/C16H14BrN5/c1-11-2-6-14(7-3-11)20-16-21-15(10-18-22-16)19-13-8-4-12(17)5-9-13/h2-10H,1H3,(H2,19,20,21,22). The summed E-state index contributed by atoms with van der Waals surface area (Å²) in [4.78, 5) is 4.40. The second-order valence-corrected chi connectivity index (χ2v) is 5.70. The maximum Gasteiger partial charge on any atom is 0.249 e. The SMILES string of the molecule is Cc1ccc(Nc2nncc(Nc3ccc(Br)cc3)n2)cc1. The highest BCUT2D eigenvalue weighted by Gasteiger charge is 2.02. The highest BCUT2D eigenvalue weighted by molar-refractivity contribution is 9.10. The summed E-state index contributed by atoms with van der Waals surface area (Å²) in [6.07, 6.45) is 1.59. The van der Waals surface area contributed by atoms with Crippen molar-refractivity contribution >= 4 is 39.1 Å². The summed E-state index contributed by atoms with van der Waals surface area (Å²) in [6.45, 7) is 2.05. The Labute approximate surface area is 137 Å². The molecule has 3 aromatic rings. The number of hydrogen-bond acceptors (Lipinski definition) is 5. The zero-order valence-corrected chi connectivity index (χ0v) is 13.5. The Kier molecular flexibility index (Phi) is 4.29. The van der Waals surface area contributed by atoms with Gasteiger partial charge in [0.2, 0.25) is 5.95 Å². The van der Waals surface area contributed by atoms with E-state index in [4.69, 9.17) is 0 Å². The smallest absolute Gasteiger partial charge is 0.249 e. The third-order valence-corrected chi connectivity index (χ3v) is 3.51. The molecule has 1 heterocycles. The molecule has 0 bridgehead atoms. The second-order valence-electron chi connectivity index (χ2n) is 4.79. The average Bonchev–Trinajstić information content (AvgIpc) is 2.52. The maximum absolute atomic E-state index is 4.40. The van der Waals surface area contributed by atoms with E-state index < -0.39 is 0 Å². The lowest BCUT2D eigenvalue weighted by Gasteiger charge is -2.08. The normalized spacial score (nSPS) is 10.3. The summed E-state index contributed by atoms with van der Waals surface area (Å²) in [5.41, 5.74) is 3.06. The van der Waals surface area contributed by atoms with E-state index in [1.54, 1.807) is 6.20 Å². The van der Waals surface area contributed by atoms with Crippen molar-refractivity contribution in [2.45, 2.75) is 6.92 Å². The van der Waals surface area contributed by atoms with Gasteiger partial charge in [-0.25, -0.2) is 0 Å². The molecule has 0 atom stereocenters. The fourth-order valence-electron chi connectivity index (χ4n) is 1.86. The molecule has 0 aliphatic carbocycles. The van der Waals surface area contributed by atoms with Crippen LogP contribution in [0.3, 0.4) is 0 Å². The van der Waals surface area contributed by atoms with Crippen LogP contribution in [0.1, 0.15) is 5.56 Å². The summed E-state index contributed by atoms with van der Waals surface area (Å²) in [7, 11) is 0. The molecule has 0 spiro atoms. The number of nitrogens with one attached hydrogen (secondary N) is 2. The van der Waals surface area contributed by atoms with Crippen LogP contribution in [0.2, 0.25) is 0 Å². The summed E-state index contributed by atoms with van der Waals surface area (Å²) in [5.74, 6) is 1.08. The van der Waals surface area contributed by atoms with E-state index in [0.29, 0.717) is 11.8 Å². The van der Waals surface area contributed by atoms with Gasteiger partial charge in [-0.2, -0.15) is 10.1 Å². The minimum absolute atomic E-state index is 0.450.